The van der Waals surface area contributed by atoms with Crippen molar-refractivity contribution in [1.82, 2.24) is 4.90 Å². The van der Waals surface area contributed by atoms with E-state index in [2.05, 4.69) is 11.8 Å². The molecule has 3 rings (SSSR count). The molecule has 2 aromatic carbocycles. The summed E-state index contributed by atoms with van der Waals surface area (Å²) in [5, 5.41) is 11.1. The van der Waals surface area contributed by atoms with E-state index in [-0.39, 0.29) is 17.5 Å². The maximum atomic E-state index is 12.9. The van der Waals surface area contributed by atoms with E-state index in [1.807, 2.05) is 30.3 Å². The van der Waals surface area contributed by atoms with Crippen LogP contribution in [-0.2, 0) is 5.60 Å². The van der Waals surface area contributed by atoms with Crippen LogP contribution in [0.1, 0.15) is 42.1 Å². The first-order valence-corrected chi connectivity index (χ1v) is 9.28. The van der Waals surface area contributed by atoms with Gasteiger partial charge in [0.2, 0.25) is 0 Å². The van der Waals surface area contributed by atoms with Crippen LogP contribution in [0.25, 0.3) is 0 Å². The number of Topliss-reactive ketones (excluding diaryl/α,β-unsaturated/α-hetero) is 1. The summed E-state index contributed by atoms with van der Waals surface area (Å²) in [5.74, 6) is -0.142. The van der Waals surface area contributed by atoms with Crippen molar-refractivity contribution in [2.24, 2.45) is 5.92 Å². The number of ketones is 1. The minimum absolute atomic E-state index is 0.0517. The van der Waals surface area contributed by atoms with Crippen LogP contribution >= 0.6 is 0 Å². The van der Waals surface area contributed by atoms with Crippen molar-refractivity contribution in [3.05, 3.63) is 71.5 Å². The number of piperidine rings is 1. The number of carbonyl (C=O) groups is 1. The molecule has 1 fully saturated rings. The van der Waals surface area contributed by atoms with E-state index in [0.29, 0.717) is 18.4 Å². The first-order chi connectivity index (χ1) is 12.5. The predicted molar refractivity (Wildman–Crippen MR) is 101 cm³/mol. The number of rotatable bonds is 6. The Morgan fingerprint density at radius 3 is 2.54 bits per heavy atom. The van der Waals surface area contributed by atoms with Gasteiger partial charge in [-0.2, -0.15) is 0 Å². The Bertz CT molecular complexity index is 732. The van der Waals surface area contributed by atoms with Crippen LogP contribution in [-0.4, -0.2) is 35.4 Å². The minimum Gasteiger partial charge on any atom is -0.385 e. The molecule has 1 unspecified atom stereocenters. The molecule has 1 aliphatic heterocycles. The van der Waals surface area contributed by atoms with E-state index in [1.54, 1.807) is 12.1 Å². The second kappa shape index (κ2) is 8.11. The second-order valence-electron chi connectivity index (χ2n) is 7.28. The summed E-state index contributed by atoms with van der Waals surface area (Å²) in [6, 6.07) is 15.6. The number of aliphatic hydroxyl groups is 1. The van der Waals surface area contributed by atoms with Crippen molar-refractivity contribution in [3.63, 3.8) is 0 Å². The zero-order chi connectivity index (χ0) is 18.6. The van der Waals surface area contributed by atoms with E-state index >= 15 is 0 Å². The van der Waals surface area contributed by atoms with Crippen molar-refractivity contribution in [3.8, 4) is 0 Å². The van der Waals surface area contributed by atoms with Gasteiger partial charge < -0.3 is 10.0 Å². The molecular weight excluding hydrogens is 329 g/mol. The quantitative estimate of drug-likeness (QED) is 0.796. The lowest BCUT2D eigenvalue weighted by Crippen LogP contribution is -2.49. The Morgan fingerprint density at radius 1 is 1.19 bits per heavy atom. The third-order valence-corrected chi connectivity index (χ3v) is 5.47. The first-order valence-electron chi connectivity index (χ1n) is 9.28. The lowest BCUT2D eigenvalue weighted by atomic mass is 9.77. The number of likely N-dealkylation sites (tertiary alicyclic amines) is 1. The van der Waals surface area contributed by atoms with Crippen molar-refractivity contribution in [1.29, 1.82) is 0 Å². The smallest absolute Gasteiger partial charge is 0.162 e. The average Bonchev–Trinajstić information content (AvgIpc) is 2.66. The molecule has 26 heavy (non-hydrogen) atoms. The number of carbonyl (C=O) groups excluding carboxylic acids is 1. The maximum Gasteiger partial charge on any atom is 0.162 e. The van der Waals surface area contributed by atoms with Gasteiger partial charge in [0.25, 0.3) is 0 Å². The number of hydrogen-bond donors (Lipinski definition) is 1. The van der Waals surface area contributed by atoms with Crippen LogP contribution in [0.3, 0.4) is 0 Å². The van der Waals surface area contributed by atoms with Crippen LogP contribution in [0, 0.1) is 11.7 Å². The Balaban J connectivity index is 1.49. The molecule has 2 aromatic rings. The average molecular weight is 355 g/mol. The molecule has 0 amide bonds. The van der Waals surface area contributed by atoms with Gasteiger partial charge in [0.15, 0.2) is 5.78 Å². The second-order valence-corrected chi connectivity index (χ2v) is 7.28. The zero-order valence-corrected chi connectivity index (χ0v) is 15.2. The summed E-state index contributed by atoms with van der Waals surface area (Å²) < 4.78 is 12.9. The SMILES string of the molecule is C[C@H]1CN(CCCC(=O)c2ccc(F)cc2)CCC1(O)c1ccccc1. The highest BCUT2D eigenvalue weighted by molar-refractivity contribution is 5.95. The highest BCUT2D eigenvalue weighted by atomic mass is 19.1. The predicted octanol–water partition coefficient (Wildman–Crippen LogP) is 4.02. The van der Waals surface area contributed by atoms with Crippen molar-refractivity contribution in [2.75, 3.05) is 19.6 Å². The highest BCUT2D eigenvalue weighted by Crippen LogP contribution is 2.37. The molecule has 0 aliphatic carbocycles. The summed E-state index contributed by atoms with van der Waals surface area (Å²) in [6.07, 6.45) is 1.93. The molecule has 0 spiro atoms. The molecule has 1 saturated heterocycles. The van der Waals surface area contributed by atoms with Crippen LogP contribution in [0.15, 0.2) is 54.6 Å². The summed E-state index contributed by atoms with van der Waals surface area (Å²) >= 11 is 0. The van der Waals surface area contributed by atoms with E-state index in [9.17, 15) is 14.3 Å². The van der Waals surface area contributed by atoms with Gasteiger partial charge in [0.05, 0.1) is 5.60 Å². The standard InChI is InChI=1S/C22H26FNO2/c1-17-16-24(15-13-22(17,26)19-6-3-2-4-7-19)14-5-8-21(25)18-9-11-20(23)12-10-18/h2-4,6-7,9-12,17,26H,5,8,13-16H2,1H3/t17-,22?/m0/s1. The van der Waals surface area contributed by atoms with Gasteiger partial charge in [-0.3, -0.25) is 4.79 Å². The van der Waals surface area contributed by atoms with Gasteiger partial charge in [-0.05, 0) is 49.2 Å². The molecule has 2 atom stereocenters. The van der Waals surface area contributed by atoms with Crippen LogP contribution in [0.2, 0.25) is 0 Å². The van der Waals surface area contributed by atoms with Crippen LogP contribution < -0.4 is 0 Å². The van der Waals surface area contributed by atoms with E-state index < -0.39 is 5.60 Å². The molecule has 0 bridgehead atoms. The van der Waals surface area contributed by atoms with E-state index in [0.717, 1.165) is 31.6 Å². The minimum atomic E-state index is -0.776. The first kappa shape index (κ1) is 18.7. The molecule has 0 radical (unpaired) electrons. The summed E-state index contributed by atoms with van der Waals surface area (Å²) in [4.78, 5) is 14.5. The molecule has 0 saturated carbocycles. The monoisotopic (exact) mass is 355 g/mol. The third kappa shape index (κ3) is 4.19. The Hall–Kier alpha value is -2.04. The lowest BCUT2D eigenvalue weighted by Gasteiger charge is -2.43. The molecule has 1 aliphatic rings. The van der Waals surface area contributed by atoms with Gasteiger partial charge in [0.1, 0.15) is 5.82 Å². The summed E-state index contributed by atoms with van der Waals surface area (Å²) in [7, 11) is 0. The summed E-state index contributed by atoms with van der Waals surface area (Å²) in [6.45, 7) is 4.56. The van der Waals surface area contributed by atoms with Gasteiger partial charge >= 0.3 is 0 Å². The molecule has 3 nitrogen and oxygen atoms in total. The fourth-order valence-electron chi connectivity index (χ4n) is 3.81. The van der Waals surface area contributed by atoms with Crippen molar-refractivity contribution >= 4 is 5.78 Å². The number of halogens is 1. The van der Waals surface area contributed by atoms with Crippen LogP contribution in [0.5, 0.6) is 0 Å². The summed E-state index contributed by atoms with van der Waals surface area (Å²) in [5.41, 5.74) is 0.775. The van der Waals surface area contributed by atoms with Gasteiger partial charge in [-0.15, -0.1) is 0 Å². The third-order valence-electron chi connectivity index (χ3n) is 5.47. The number of benzene rings is 2. The molecule has 1 heterocycles. The van der Waals surface area contributed by atoms with Crippen LogP contribution in [0.4, 0.5) is 4.39 Å². The fourth-order valence-corrected chi connectivity index (χ4v) is 3.81. The highest BCUT2D eigenvalue weighted by Gasteiger charge is 2.39. The number of nitrogens with zero attached hydrogens (tertiary/aromatic N) is 1. The van der Waals surface area contributed by atoms with Crippen molar-refractivity contribution in [2.45, 2.75) is 31.8 Å². The molecular formula is C22H26FNO2. The largest absolute Gasteiger partial charge is 0.385 e. The Morgan fingerprint density at radius 2 is 1.88 bits per heavy atom. The van der Waals surface area contributed by atoms with E-state index in [4.69, 9.17) is 0 Å². The molecule has 1 N–H and O–H groups in total. The van der Waals surface area contributed by atoms with Gasteiger partial charge in [0, 0.05) is 31.0 Å². The van der Waals surface area contributed by atoms with Crippen molar-refractivity contribution < 1.29 is 14.3 Å². The Labute approximate surface area is 154 Å². The molecule has 138 valence electrons. The molecule has 4 heteroatoms. The number of hydrogen-bond acceptors (Lipinski definition) is 3. The lowest BCUT2D eigenvalue weighted by molar-refractivity contribution is -0.0711. The normalized spacial score (nSPS) is 23.7. The zero-order valence-electron chi connectivity index (χ0n) is 15.2. The maximum absolute atomic E-state index is 12.9. The van der Waals surface area contributed by atoms with E-state index in [1.165, 1.54) is 12.1 Å². The van der Waals surface area contributed by atoms with Gasteiger partial charge in [-0.25, -0.2) is 4.39 Å². The Kier molecular flexibility index (Phi) is 5.84. The topological polar surface area (TPSA) is 40.5 Å². The molecule has 0 aromatic heterocycles. The van der Waals surface area contributed by atoms with Gasteiger partial charge in [-0.1, -0.05) is 37.3 Å². The fraction of sp³-hybridized carbons (Fsp3) is 0.409.